The number of aliphatic carboxylic acids is 1. The molecule has 0 saturated carbocycles. The number of hydrogen-bond donors (Lipinski definition) is 2. The molecule has 0 radical (unpaired) electrons. The number of benzene rings is 1. The Labute approximate surface area is 97.8 Å². The second-order valence-electron chi connectivity index (χ2n) is 3.18. The molecular formula is C10H11Cl2NO2. The molecule has 82 valence electrons. The summed E-state index contributed by atoms with van der Waals surface area (Å²) in [5.41, 5.74) is 6.82. The lowest BCUT2D eigenvalue weighted by molar-refractivity contribution is -0.137. The normalized spacial score (nSPS) is 10.3. The van der Waals surface area contributed by atoms with Crippen molar-refractivity contribution >= 4 is 34.9 Å². The van der Waals surface area contributed by atoms with E-state index < -0.39 is 5.97 Å². The summed E-state index contributed by atoms with van der Waals surface area (Å²) >= 11 is 11.7. The molecule has 0 aliphatic heterocycles. The van der Waals surface area contributed by atoms with Gasteiger partial charge in [0, 0.05) is 6.42 Å². The molecule has 0 bridgehead atoms. The van der Waals surface area contributed by atoms with Gasteiger partial charge in [-0.2, -0.15) is 0 Å². The SMILES string of the molecule is Nc1c(Cl)ccc(CCCC(=O)O)c1Cl. The topological polar surface area (TPSA) is 63.3 Å². The van der Waals surface area contributed by atoms with Crippen LogP contribution in [0.3, 0.4) is 0 Å². The third kappa shape index (κ3) is 3.29. The number of carboxylic acids is 1. The molecule has 0 aliphatic rings. The Bertz CT molecular complexity index is 380. The van der Waals surface area contributed by atoms with Crippen LogP contribution < -0.4 is 5.73 Å². The van der Waals surface area contributed by atoms with E-state index >= 15 is 0 Å². The van der Waals surface area contributed by atoms with E-state index in [9.17, 15) is 4.79 Å². The number of carbonyl (C=O) groups is 1. The molecule has 15 heavy (non-hydrogen) atoms. The van der Waals surface area contributed by atoms with Crippen LogP contribution in [-0.4, -0.2) is 11.1 Å². The van der Waals surface area contributed by atoms with Crippen molar-refractivity contribution in [1.29, 1.82) is 0 Å². The summed E-state index contributed by atoms with van der Waals surface area (Å²) in [5.74, 6) is -0.812. The fourth-order valence-corrected chi connectivity index (χ4v) is 1.70. The van der Waals surface area contributed by atoms with Crippen LogP contribution in [0.25, 0.3) is 0 Å². The van der Waals surface area contributed by atoms with Crippen LogP contribution in [0.15, 0.2) is 12.1 Å². The highest BCUT2D eigenvalue weighted by molar-refractivity contribution is 6.39. The van der Waals surface area contributed by atoms with E-state index in [4.69, 9.17) is 34.0 Å². The van der Waals surface area contributed by atoms with E-state index in [0.717, 1.165) is 5.56 Å². The fraction of sp³-hybridized carbons (Fsp3) is 0.300. The Kier molecular flexibility index (Phi) is 4.24. The number of nitrogen functional groups attached to an aromatic ring is 1. The second-order valence-corrected chi connectivity index (χ2v) is 3.97. The zero-order chi connectivity index (χ0) is 11.4. The monoisotopic (exact) mass is 247 g/mol. The van der Waals surface area contributed by atoms with Crippen molar-refractivity contribution in [2.45, 2.75) is 19.3 Å². The van der Waals surface area contributed by atoms with Crippen molar-refractivity contribution < 1.29 is 9.90 Å². The molecule has 0 atom stereocenters. The minimum absolute atomic E-state index is 0.124. The van der Waals surface area contributed by atoms with Gasteiger partial charge in [-0.25, -0.2) is 0 Å². The van der Waals surface area contributed by atoms with Gasteiger partial charge in [0.1, 0.15) is 0 Å². The standard InChI is InChI=1S/C10H11Cl2NO2/c11-7-5-4-6(9(12)10(7)13)2-1-3-8(14)15/h4-5H,1-3,13H2,(H,14,15). The van der Waals surface area contributed by atoms with Crippen molar-refractivity contribution in [3.63, 3.8) is 0 Å². The van der Waals surface area contributed by atoms with Gasteiger partial charge in [-0.1, -0.05) is 29.3 Å². The molecule has 0 aromatic heterocycles. The third-order valence-electron chi connectivity index (χ3n) is 2.04. The van der Waals surface area contributed by atoms with Gasteiger partial charge in [-0.3, -0.25) is 4.79 Å². The Morgan fingerprint density at radius 2 is 2.07 bits per heavy atom. The molecule has 1 aromatic carbocycles. The highest BCUT2D eigenvalue weighted by Crippen LogP contribution is 2.31. The Hall–Kier alpha value is -0.930. The summed E-state index contributed by atoms with van der Waals surface area (Å²) in [6.45, 7) is 0. The second kappa shape index (κ2) is 5.24. The molecule has 0 unspecified atom stereocenters. The maximum absolute atomic E-state index is 10.3. The first-order valence-corrected chi connectivity index (χ1v) is 5.22. The molecule has 0 heterocycles. The maximum Gasteiger partial charge on any atom is 0.303 e. The molecule has 3 nitrogen and oxygen atoms in total. The van der Waals surface area contributed by atoms with Gasteiger partial charge in [-0.05, 0) is 24.5 Å². The fourth-order valence-electron chi connectivity index (χ4n) is 1.24. The van der Waals surface area contributed by atoms with Crippen LogP contribution in [0.1, 0.15) is 18.4 Å². The smallest absolute Gasteiger partial charge is 0.303 e. The van der Waals surface area contributed by atoms with Crippen LogP contribution in [0.5, 0.6) is 0 Å². The van der Waals surface area contributed by atoms with Gasteiger partial charge in [0.05, 0.1) is 15.7 Å². The summed E-state index contributed by atoms with van der Waals surface area (Å²) in [6, 6.07) is 3.43. The van der Waals surface area contributed by atoms with Crippen LogP contribution in [0.4, 0.5) is 5.69 Å². The predicted molar refractivity (Wildman–Crippen MR) is 61.4 cm³/mol. The molecule has 0 fully saturated rings. The molecule has 1 aromatic rings. The van der Waals surface area contributed by atoms with E-state index in [2.05, 4.69) is 0 Å². The summed E-state index contributed by atoms with van der Waals surface area (Å²) in [4.78, 5) is 10.3. The van der Waals surface area contributed by atoms with E-state index in [1.54, 1.807) is 12.1 Å². The Morgan fingerprint density at radius 3 is 2.67 bits per heavy atom. The third-order valence-corrected chi connectivity index (χ3v) is 2.82. The average Bonchev–Trinajstić information content (AvgIpc) is 2.18. The van der Waals surface area contributed by atoms with E-state index in [1.807, 2.05) is 0 Å². The molecule has 5 heteroatoms. The lowest BCUT2D eigenvalue weighted by Gasteiger charge is -2.07. The van der Waals surface area contributed by atoms with Gasteiger partial charge in [-0.15, -0.1) is 0 Å². The van der Waals surface area contributed by atoms with Gasteiger partial charge in [0.15, 0.2) is 0 Å². The van der Waals surface area contributed by atoms with Crippen molar-refractivity contribution in [2.24, 2.45) is 0 Å². The first-order chi connectivity index (χ1) is 7.02. The number of halogens is 2. The van der Waals surface area contributed by atoms with Crippen LogP contribution in [0, 0.1) is 0 Å². The van der Waals surface area contributed by atoms with Gasteiger partial charge in [0.25, 0.3) is 0 Å². The number of hydrogen-bond acceptors (Lipinski definition) is 2. The molecule has 0 amide bonds. The van der Waals surface area contributed by atoms with Crippen LogP contribution in [0.2, 0.25) is 10.0 Å². The van der Waals surface area contributed by atoms with Crippen molar-refractivity contribution in [1.82, 2.24) is 0 Å². The average molecular weight is 248 g/mol. The van der Waals surface area contributed by atoms with Crippen LogP contribution in [-0.2, 0) is 11.2 Å². The summed E-state index contributed by atoms with van der Waals surface area (Å²) in [6.07, 6.45) is 1.25. The lowest BCUT2D eigenvalue weighted by atomic mass is 10.1. The summed E-state index contributed by atoms with van der Waals surface area (Å²) in [7, 11) is 0. The number of rotatable bonds is 4. The minimum atomic E-state index is -0.812. The summed E-state index contributed by atoms with van der Waals surface area (Å²) < 4.78 is 0. The van der Waals surface area contributed by atoms with E-state index in [1.165, 1.54) is 0 Å². The molecule has 1 rings (SSSR count). The van der Waals surface area contributed by atoms with Crippen molar-refractivity contribution in [3.05, 3.63) is 27.7 Å². The van der Waals surface area contributed by atoms with Crippen molar-refractivity contribution in [3.8, 4) is 0 Å². The van der Waals surface area contributed by atoms with Gasteiger partial charge in [0.2, 0.25) is 0 Å². The molecule has 0 aliphatic carbocycles. The van der Waals surface area contributed by atoms with Gasteiger partial charge >= 0.3 is 5.97 Å². The Balaban J connectivity index is 2.70. The first kappa shape index (κ1) is 12.1. The zero-order valence-corrected chi connectivity index (χ0v) is 9.48. The maximum atomic E-state index is 10.3. The minimum Gasteiger partial charge on any atom is -0.481 e. The number of nitrogens with two attached hydrogens (primary N) is 1. The zero-order valence-electron chi connectivity index (χ0n) is 7.96. The lowest BCUT2D eigenvalue weighted by Crippen LogP contribution is -1.98. The molecule has 3 N–H and O–H groups in total. The van der Waals surface area contributed by atoms with Crippen LogP contribution >= 0.6 is 23.2 Å². The number of carboxylic acid groups (broad SMARTS) is 1. The molecule has 0 spiro atoms. The predicted octanol–water partition coefficient (Wildman–Crippen LogP) is 2.98. The quantitative estimate of drug-likeness (QED) is 0.805. The largest absolute Gasteiger partial charge is 0.481 e. The van der Waals surface area contributed by atoms with Crippen molar-refractivity contribution in [2.75, 3.05) is 5.73 Å². The van der Waals surface area contributed by atoms with E-state index in [0.29, 0.717) is 28.6 Å². The van der Waals surface area contributed by atoms with Gasteiger partial charge < -0.3 is 10.8 Å². The highest BCUT2D eigenvalue weighted by atomic mass is 35.5. The molecular weight excluding hydrogens is 237 g/mol. The summed E-state index contributed by atoms with van der Waals surface area (Å²) in [5, 5.41) is 9.32. The molecule has 0 saturated heterocycles. The highest BCUT2D eigenvalue weighted by Gasteiger charge is 2.08. The first-order valence-electron chi connectivity index (χ1n) is 4.46. The number of anilines is 1. The number of aryl methyl sites for hydroxylation is 1. The van der Waals surface area contributed by atoms with E-state index in [-0.39, 0.29) is 6.42 Å². The Morgan fingerprint density at radius 1 is 1.40 bits per heavy atom.